The van der Waals surface area contributed by atoms with Crippen LogP contribution in [0.1, 0.15) is 24.5 Å². The lowest BCUT2D eigenvalue weighted by Gasteiger charge is -2.21. The van der Waals surface area contributed by atoms with Gasteiger partial charge in [-0.05, 0) is 38.1 Å². The van der Waals surface area contributed by atoms with Gasteiger partial charge in [0.1, 0.15) is 5.82 Å². The fraction of sp³-hybridized carbons (Fsp3) is 0.500. The van der Waals surface area contributed by atoms with Crippen molar-refractivity contribution in [3.8, 4) is 0 Å². The van der Waals surface area contributed by atoms with E-state index in [2.05, 4.69) is 10.3 Å². The standard InChI is InChI=1S/C10H13FN2/c11-9-3-6-13-10(7-9)8-1-4-12-5-2-8/h3,6-8,12H,1-2,4-5H2. The molecule has 0 unspecified atom stereocenters. The first-order valence-corrected chi connectivity index (χ1v) is 4.68. The van der Waals surface area contributed by atoms with Crippen molar-refractivity contribution in [2.24, 2.45) is 0 Å². The maximum atomic E-state index is 12.9. The Morgan fingerprint density at radius 3 is 2.85 bits per heavy atom. The van der Waals surface area contributed by atoms with E-state index in [9.17, 15) is 4.39 Å². The van der Waals surface area contributed by atoms with Crippen molar-refractivity contribution in [3.05, 3.63) is 29.8 Å². The fourth-order valence-electron chi connectivity index (χ4n) is 1.76. The Balaban J connectivity index is 2.14. The number of pyridine rings is 1. The highest BCUT2D eigenvalue weighted by molar-refractivity contribution is 5.11. The van der Waals surface area contributed by atoms with Crippen LogP contribution in [0.4, 0.5) is 4.39 Å². The molecule has 1 aromatic heterocycles. The van der Waals surface area contributed by atoms with Gasteiger partial charge in [-0.15, -0.1) is 0 Å². The van der Waals surface area contributed by atoms with E-state index in [1.165, 1.54) is 6.07 Å². The molecule has 1 aliphatic heterocycles. The van der Waals surface area contributed by atoms with Crippen molar-refractivity contribution >= 4 is 0 Å². The summed E-state index contributed by atoms with van der Waals surface area (Å²) in [6.07, 6.45) is 3.68. The summed E-state index contributed by atoms with van der Waals surface area (Å²) in [6.45, 7) is 2.03. The first-order chi connectivity index (χ1) is 6.36. The molecule has 0 amide bonds. The number of piperidine rings is 1. The van der Waals surface area contributed by atoms with Gasteiger partial charge in [0.25, 0.3) is 0 Å². The molecule has 2 rings (SSSR count). The summed E-state index contributed by atoms with van der Waals surface area (Å²) < 4.78 is 12.9. The number of rotatable bonds is 1. The molecule has 3 heteroatoms. The zero-order chi connectivity index (χ0) is 9.10. The minimum Gasteiger partial charge on any atom is -0.317 e. The molecule has 2 heterocycles. The van der Waals surface area contributed by atoms with E-state index in [4.69, 9.17) is 0 Å². The normalized spacial score (nSPS) is 18.8. The molecule has 1 saturated heterocycles. The molecule has 0 aliphatic carbocycles. The summed E-state index contributed by atoms with van der Waals surface area (Å²) in [5.74, 6) is 0.264. The van der Waals surface area contributed by atoms with Crippen LogP contribution < -0.4 is 5.32 Å². The van der Waals surface area contributed by atoms with E-state index < -0.39 is 0 Å². The zero-order valence-electron chi connectivity index (χ0n) is 7.46. The van der Waals surface area contributed by atoms with Gasteiger partial charge in [-0.25, -0.2) is 4.39 Å². The topological polar surface area (TPSA) is 24.9 Å². The number of halogens is 1. The van der Waals surface area contributed by atoms with Gasteiger partial charge in [-0.3, -0.25) is 4.98 Å². The van der Waals surface area contributed by atoms with E-state index >= 15 is 0 Å². The third-order valence-corrected chi connectivity index (χ3v) is 2.50. The lowest BCUT2D eigenvalue weighted by Crippen LogP contribution is -2.27. The van der Waals surface area contributed by atoms with Crippen molar-refractivity contribution in [1.82, 2.24) is 10.3 Å². The van der Waals surface area contributed by atoms with E-state index in [0.717, 1.165) is 31.6 Å². The van der Waals surface area contributed by atoms with Crippen molar-refractivity contribution in [1.29, 1.82) is 0 Å². The van der Waals surface area contributed by atoms with Crippen LogP contribution in [0.2, 0.25) is 0 Å². The molecule has 1 fully saturated rings. The Labute approximate surface area is 77.2 Å². The van der Waals surface area contributed by atoms with Crippen LogP contribution in [-0.2, 0) is 0 Å². The second-order valence-electron chi connectivity index (χ2n) is 3.42. The minimum atomic E-state index is -0.177. The third kappa shape index (κ3) is 2.04. The highest BCUT2D eigenvalue weighted by Gasteiger charge is 2.16. The third-order valence-electron chi connectivity index (χ3n) is 2.50. The zero-order valence-corrected chi connectivity index (χ0v) is 7.46. The van der Waals surface area contributed by atoms with Crippen molar-refractivity contribution in [2.45, 2.75) is 18.8 Å². The second kappa shape index (κ2) is 3.83. The van der Waals surface area contributed by atoms with Gasteiger partial charge in [0.05, 0.1) is 0 Å². The smallest absolute Gasteiger partial charge is 0.126 e. The summed E-state index contributed by atoms with van der Waals surface area (Å²) in [6, 6.07) is 2.95. The molecule has 0 radical (unpaired) electrons. The Bertz CT molecular complexity index is 282. The van der Waals surface area contributed by atoms with Crippen LogP contribution in [0.25, 0.3) is 0 Å². The largest absolute Gasteiger partial charge is 0.317 e. The Morgan fingerprint density at radius 2 is 2.15 bits per heavy atom. The molecule has 0 atom stereocenters. The molecule has 1 aliphatic rings. The number of nitrogens with zero attached hydrogens (tertiary/aromatic N) is 1. The molecule has 70 valence electrons. The van der Waals surface area contributed by atoms with Crippen LogP contribution in [0.3, 0.4) is 0 Å². The van der Waals surface area contributed by atoms with Crippen molar-refractivity contribution in [2.75, 3.05) is 13.1 Å². The van der Waals surface area contributed by atoms with E-state index in [-0.39, 0.29) is 5.82 Å². The molecule has 0 aromatic carbocycles. The lowest BCUT2D eigenvalue weighted by molar-refractivity contribution is 0.451. The van der Waals surface area contributed by atoms with Gasteiger partial charge in [-0.1, -0.05) is 0 Å². The molecule has 0 bridgehead atoms. The van der Waals surface area contributed by atoms with Gasteiger partial charge in [0.15, 0.2) is 0 Å². The van der Waals surface area contributed by atoms with Gasteiger partial charge in [0, 0.05) is 17.8 Å². The van der Waals surface area contributed by atoms with Crippen LogP contribution in [-0.4, -0.2) is 18.1 Å². The fourth-order valence-corrected chi connectivity index (χ4v) is 1.76. The van der Waals surface area contributed by atoms with E-state index in [0.29, 0.717) is 5.92 Å². The number of aromatic nitrogens is 1. The molecular weight excluding hydrogens is 167 g/mol. The number of nitrogens with one attached hydrogen (secondary N) is 1. The van der Waals surface area contributed by atoms with E-state index in [1.807, 2.05) is 0 Å². The van der Waals surface area contributed by atoms with Crippen molar-refractivity contribution < 1.29 is 4.39 Å². The molecule has 0 spiro atoms. The Hall–Kier alpha value is -0.960. The predicted octanol–water partition coefficient (Wildman–Crippen LogP) is 1.69. The van der Waals surface area contributed by atoms with Gasteiger partial charge in [0.2, 0.25) is 0 Å². The summed E-state index contributed by atoms with van der Waals surface area (Å²) >= 11 is 0. The predicted molar refractivity (Wildman–Crippen MR) is 49.0 cm³/mol. The first kappa shape index (κ1) is 8.63. The molecule has 0 saturated carbocycles. The minimum absolute atomic E-state index is 0.177. The maximum Gasteiger partial charge on any atom is 0.126 e. The quantitative estimate of drug-likeness (QED) is 0.711. The number of hydrogen-bond donors (Lipinski definition) is 1. The maximum absolute atomic E-state index is 12.9. The average Bonchev–Trinajstić information content (AvgIpc) is 2.19. The van der Waals surface area contributed by atoms with Crippen LogP contribution in [0.15, 0.2) is 18.3 Å². The SMILES string of the molecule is Fc1ccnc(C2CCNCC2)c1. The molecular formula is C10H13FN2. The lowest BCUT2D eigenvalue weighted by atomic mass is 9.94. The van der Waals surface area contributed by atoms with E-state index in [1.54, 1.807) is 12.3 Å². The highest BCUT2D eigenvalue weighted by atomic mass is 19.1. The summed E-state index contributed by atoms with van der Waals surface area (Å²) in [5.41, 5.74) is 0.904. The van der Waals surface area contributed by atoms with Crippen LogP contribution in [0.5, 0.6) is 0 Å². The Morgan fingerprint density at radius 1 is 1.38 bits per heavy atom. The summed E-state index contributed by atoms with van der Waals surface area (Å²) in [5, 5.41) is 3.28. The summed E-state index contributed by atoms with van der Waals surface area (Å²) in [7, 11) is 0. The number of hydrogen-bond acceptors (Lipinski definition) is 2. The average molecular weight is 180 g/mol. The van der Waals surface area contributed by atoms with Gasteiger partial charge in [-0.2, -0.15) is 0 Å². The molecule has 13 heavy (non-hydrogen) atoms. The van der Waals surface area contributed by atoms with Crippen molar-refractivity contribution in [3.63, 3.8) is 0 Å². The van der Waals surface area contributed by atoms with Gasteiger partial charge < -0.3 is 5.32 Å². The molecule has 1 N–H and O–H groups in total. The highest BCUT2D eigenvalue weighted by Crippen LogP contribution is 2.23. The monoisotopic (exact) mass is 180 g/mol. The second-order valence-corrected chi connectivity index (χ2v) is 3.42. The molecule has 1 aromatic rings. The Kier molecular flexibility index (Phi) is 2.54. The molecule has 2 nitrogen and oxygen atoms in total. The van der Waals surface area contributed by atoms with Gasteiger partial charge >= 0.3 is 0 Å². The van der Waals surface area contributed by atoms with Crippen LogP contribution >= 0.6 is 0 Å². The summed E-state index contributed by atoms with van der Waals surface area (Å²) in [4.78, 5) is 4.20. The van der Waals surface area contributed by atoms with Crippen LogP contribution in [0, 0.1) is 5.82 Å². The first-order valence-electron chi connectivity index (χ1n) is 4.68.